The summed E-state index contributed by atoms with van der Waals surface area (Å²) in [5.74, 6) is 0.955. The van der Waals surface area contributed by atoms with Gasteiger partial charge in [0.05, 0.1) is 17.9 Å². The van der Waals surface area contributed by atoms with Crippen molar-refractivity contribution < 1.29 is 17.9 Å². The van der Waals surface area contributed by atoms with Crippen LogP contribution in [-0.4, -0.2) is 33.3 Å². The van der Waals surface area contributed by atoms with E-state index in [1.54, 1.807) is 12.1 Å². The molecule has 2 aromatic carbocycles. The van der Waals surface area contributed by atoms with Gasteiger partial charge in [-0.05, 0) is 55.7 Å². The fourth-order valence-corrected chi connectivity index (χ4v) is 4.24. The van der Waals surface area contributed by atoms with Crippen LogP contribution in [0.2, 0.25) is 0 Å². The van der Waals surface area contributed by atoms with Crippen molar-refractivity contribution in [3.8, 4) is 5.75 Å². The number of aliphatic imine (C=N–C) groups is 1. The number of amidine groups is 1. The van der Waals surface area contributed by atoms with E-state index in [1.807, 2.05) is 31.2 Å². The number of nitrogens with zero attached hydrogens (tertiary/aromatic N) is 1. The lowest BCUT2D eigenvalue weighted by atomic mass is 10.2. The van der Waals surface area contributed by atoms with E-state index in [1.165, 1.54) is 12.1 Å². The quantitative estimate of drug-likeness (QED) is 0.702. The molecule has 1 aliphatic rings. The summed E-state index contributed by atoms with van der Waals surface area (Å²) in [4.78, 5) is 16.6. The average Bonchev–Trinajstić information content (AvgIpc) is 2.96. The first-order chi connectivity index (χ1) is 14.4. The van der Waals surface area contributed by atoms with Crippen LogP contribution in [0, 0.1) is 6.92 Å². The summed E-state index contributed by atoms with van der Waals surface area (Å²) in [6.45, 7) is 2.84. The lowest BCUT2D eigenvalue weighted by Gasteiger charge is -2.11. The standard InChI is InChI=1S/C22H27N3O4S/c1-17-7-5-9-19(15-17)29-14-12-22(26)24-18-8-6-10-20(16-18)30(27,28)25-21-11-3-2-4-13-23-21/h5-10,15-16H,2-4,11-14H2,1H3,(H,23,25)(H,24,26). The molecule has 0 saturated heterocycles. The molecule has 1 heterocycles. The first-order valence-corrected chi connectivity index (χ1v) is 11.6. The minimum atomic E-state index is -3.75. The van der Waals surface area contributed by atoms with E-state index in [0.29, 0.717) is 30.2 Å². The first kappa shape index (κ1) is 21.8. The molecule has 0 spiro atoms. The number of amides is 1. The van der Waals surface area contributed by atoms with Gasteiger partial charge in [-0.3, -0.25) is 14.5 Å². The summed E-state index contributed by atoms with van der Waals surface area (Å²) >= 11 is 0. The van der Waals surface area contributed by atoms with Gasteiger partial charge < -0.3 is 10.1 Å². The molecule has 7 nitrogen and oxygen atoms in total. The van der Waals surface area contributed by atoms with E-state index in [0.717, 1.165) is 24.8 Å². The number of hydrogen-bond donors (Lipinski definition) is 2. The number of benzene rings is 2. The Balaban J connectivity index is 1.56. The van der Waals surface area contributed by atoms with Crippen LogP contribution in [0.1, 0.15) is 37.7 Å². The predicted octanol–water partition coefficient (Wildman–Crippen LogP) is 3.65. The highest BCUT2D eigenvalue weighted by Gasteiger charge is 2.18. The molecule has 2 N–H and O–H groups in total. The molecule has 0 bridgehead atoms. The van der Waals surface area contributed by atoms with Gasteiger partial charge in [-0.15, -0.1) is 0 Å². The van der Waals surface area contributed by atoms with Gasteiger partial charge in [0.1, 0.15) is 11.6 Å². The lowest BCUT2D eigenvalue weighted by molar-refractivity contribution is -0.116. The molecular formula is C22H27N3O4S. The number of nitrogens with one attached hydrogen (secondary N) is 2. The van der Waals surface area contributed by atoms with Crippen LogP contribution in [-0.2, 0) is 14.8 Å². The molecule has 1 amide bonds. The first-order valence-electron chi connectivity index (χ1n) is 10.1. The largest absolute Gasteiger partial charge is 0.493 e. The van der Waals surface area contributed by atoms with Crippen molar-refractivity contribution in [2.75, 3.05) is 18.5 Å². The van der Waals surface area contributed by atoms with Crippen LogP contribution in [0.25, 0.3) is 0 Å². The molecule has 0 unspecified atom stereocenters. The lowest BCUT2D eigenvalue weighted by Crippen LogP contribution is -2.30. The van der Waals surface area contributed by atoms with Crippen LogP contribution < -0.4 is 14.8 Å². The Morgan fingerprint density at radius 2 is 1.93 bits per heavy atom. The number of ether oxygens (including phenoxy) is 1. The Bertz CT molecular complexity index is 1020. The Hall–Kier alpha value is -2.87. The molecule has 0 atom stereocenters. The molecule has 8 heteroatoms. The maximum absolute atomic E-state index is 12.7. The molecule has 1 aliphatic heterocycles. The van der Waals surface area contributed by atoms with Gasteiger partial charge >= 0.3 is 0 Å². The van der Waals surface area contributed by atoms with Crippen LogP contribution in [0.5, 0.6) is 5.75 Å². The molecule has 0 radical (unpaired) electrons. The highest BCUT2D eigenvalue weighted by molar-refractivity contribution is 7.90. The van der Waals surface area contributed by atoms with Crippen molar-refractivity contribution in [1.82, 2.24) is 4.72 Å². The molecule has 30 heavy (non-hydrogen) atoms. The number of aryl methyl sites for hydroxylation is 1. The van der Waals surface area contributed by atoms with Crippen LogP contribution in [0.15, 0.2) is 58.4 Å². The van der Waals surface area contributed by atoms with Crippen molar-refractivity contribution in [2.45, 2.75) is 43.9 Å². The second-order valence-corrected chi connectivity index (χ2v) is 8.92. The molecule has 0 aliphatic carbocycles. The number of anilines is 1. The van der Waals surface area contributed by atoms with E-state index < -0.39 is 10.0 Å². The van der Waals surface area contributed by atoms with Crippen LogP contribution >= 0.6 is 0 Å². The molecule has 2 aromatic rings. The van der Waals surface area contributed by atoms with Gasteiger partial charge in [-0.1, -0.05) is 24.6 Å². The van der Waals surface area contributed by atoms with Crippen molar-refractivity contribution in [3.05, 3.63) is 54.1 Å². The van der Waals surface area contributed by atoms with Crippen LogP contribution in [0.4, 0.5) is 5.69 Å². The van der Waals surface area contributed by atoms with E-state index in [9.17, 15) is 13.2 Å². The van der Waals surface area contributed by atoms with E-state index >= 15 is 0 Å². The van der Waals surface area contributed by atoms with Gasteiger partial charge in [0.15, 0.2) is 0 Å². The highest BCUT2D eigenvalue weighted by atomic mass is 32.2. The zero-order chi connectivity index (χ0) is 21.4. The number of hydrogen-bond acceptors (Lipinski definition) is 5. The summed E-state index contributed by atoms with van der Waals surface area (Å²) in [6, 6.07) is 13.8. The third kappa shape index (κ3) is 6.59. The van der Waals surface area contributed by atoms with Gasteiger partial charge in [0, 0.05) is 18.7 Å². The molecule has 0 saturated carbocycles. The molecule has 0 aromatic heterocycles. The number of rotatable bonds is 7. The average molecular weight is 430 g/mol. The summed E-state index contributed by atoms with van der Waals surface area (Å²) in [5.41, 5.74) is 1.50. The SMILES string of the molecule is Cc1cccc(OCCC(=O)Nc2cccc(S(=O)(=O)NC3=NCCCCC3)c2)c1. The Morgan fingerprint density at radius 1 is 1.10 bits per heavy atom. The van der Waals surface area contributed by atoms with Gasteiger partial charge in [-0.25, -0.2) is 8.42 Å². The monoisotopic (exact) mass is 429 g/mol. The Labute approximate surface area is 177 Å². The minimum Gasteiger partial charge on any atom is -0.493 e. The zero-order valence-corrected chi connectivity index (χ0v) is 17.9. The summed E-state index contributed by atoms with van der Waals surface area (Å²) in [7, 11) is -3.75. The predicted molar refractivity (Wildman–Crippen MR) is 117 cm³/mol. The van der Waals surface area contributed by atoms with Crippen molar-refractivity contribution in [1.29, 1.82) is 0 Å². The third-order valence-corrected chi connectivity index (χ3v) is 6.02. The van der Waals surface area contributed by atoms with E-state index in [2.05, 4.69) is 15.0 Å². The second-order valence-electron chi connectivity index (χ2n) is 7.24. The van der Waals surface area contributed by atoms with E-state index in [4.69, 9.17) is 4.74 Å². The summed E-state index contributed by atoms with van der Waals surface area (Å²) in [5, 5.41) is 2.72. The maximum Gasteiger partial charge on any atom is 0.262 e. The normalized spacial score (nSPS) is 14.4. The smallest absolute Gasteiger partial charge is 0.262 e. The highest BCUT2D eigenvalue weighted by Crippen LogP contribution is 2.17. The number of sulfonamides is 1. The molecule has 160 valence electrons. The Morgan fingerprint density at radius 3 is 2.77 bits per heavy atom. The van der Waals surface area contributed by atoms with Crippen molar-refractivity contribution >= 4 is 27.5 Å². The van der Waals surface area contributed by atoms with Crippen molar-refractivity contribution in [2.24, 2.45) is 4.99 Å². The van der Waals surface area contributed by atoms with Gasteiger partial charge in [0.25, 0.3) is 10.0 Å². The number of carbonyl (C=O) groups excluding carboxylic acids is 1. The number of carbonyl (C=O) groups is 1. The van der Waals surface area contributed by atoms with Crippen molar-refractivity contribution in [3.63, 3.8) is 0 Å². The summed E-state index contributed by atoms with van der Waals surface area (Å²) < 4.78 is 33.5. The maximum atomic E-state index is 12.7. The molecular weight excluding hydrogens is 402 g/mol. The second kappa shape index (κ2) is 10.2. The molecule has 0 fully saturated rings. The van der Waals surface area contributed by atoms with Gasteiger partial charge in [-0.2, -0.15) is 0 Å². The van der Waals surface area contributed by atoms with Crippen LogP contribution in [0.3, 0.4) is 0 Å². The van der Waals surface area contributed by atoms with E-state index in [-0.39, 0.29) is 23.8 Å². The fraction of sp³-hybridized carbons (Fsp3) is 0.364. The van der Waals surface area contributed by atoms with Gasteiger partial charge in [0.2, 0.25) is 5.91 Å². The minimum absolute atomic E-state index is 0.0863. The fourth-order valence-electron chi connectivity index (χ4n) is 3.10. The molecule has 3 rings (SSSR count). The Kier molecular flexibility index (Phi) is 7.46. The topological polar surface area (TPSA) is 96.9 Å². The zero-order valence-electron chi connectivity index (χ0n) is 17.1. The summed E-state index contributed by atoms with van der Waals surface area (Å²) in [6.07, 6.45) is 3.71. The third-order valence-electron chi connectivity index (χ3n) is 4.64.